The Bertz CT molecular complexity index is 582. The van der Waals surface area contributed by atoms with Crippen LogP contribution in [-0.2, 0) is 11.3 Å². The molecule has 0 aliphatic heterocycles. The second kappa shape index (κ2) is 6.68. The fraction of sp³-hybridized carbons (Fsp3) is 0.200. The number of pyridine rings is 1. The van der Waals surface area contributed by atoms with Gasteiger partial charge in [-0.2, -0.15) is 0 Å². The first kappa shape index (κ1) is 14.0. The molecule has 0 aliphatic rings. The summed E-state index contributed by atoms with van der Waals surface area (Å²) < 4.78 is 5.47. The van der Waals surface area contributed by atoms with E-state index in [1.54, 1.807) is 18.3 Å². The molecule has 5 heteroatoms. The van der Waals surface area contributed by atoms with Gasteiger partial charge in [0.1, 0.15) is 11.6 Å². The van der Waals surface area contributed by atoms with Crippen LogP contribution in [0.15, 0.2) is 42.6 Å². The van der Waals surface area contributed by atoms with Crippen molar-refractivity contribution in [2.75, 3.05) is 11.9 Å². The van der Waals surface area contributed by atoms with E-state index in [1.807, 2.05) is 31.2 Å². The number of nitrogens with zero attached hydrogens (tertiary/aromatic N) is 1. The van der Waals surface area contributed by atoms with E-state index in [1.165, 1.54) is 0 Å². The number of rotatable bonds is 5. The molecule has 0 aliphatic carbocycles. The summed E-state index contributed by atoms with van der Waals surface area (Å²) in [5, 5.41) is 2.67. The Labute approximate surface area is 117 Å². The van der Waals surface area contributed by atoms with Crippen molar-refractivity contribution in [1.82, 2.24) is 4.98 Å². The highest BCUT2D eigenvalue weighted by molar-refractivity contribution is 5.90. The lowest BCUT2D eigenvalue weighted by molar-refractivity contribution is -0.118. The van der Waals surface area contributed by atoms with Gasteiger partial charge in [-0.25, -0.2) is 4.98 Å². The fourth-order valence-electron chi connectivity index (χ4n) is 1.68. The molecule has 0 spiro atoms. The van der Waals surface area contributed by atoms with Crippen molar-refractivity contribution in [3.8, 4) is 5.75 Å². The number of hydrogen-bond donors (Lipinski definition) is 2. The normalized spacial score (nSPS) is 10.1. The number of anilines is 1. The first-order chi connectivity index (χ1) is 9.69. The number of para-hydroxylation sites is 1. The first-order valence-electron chi connectivity index (χ1n) is 6.32. The third-order valence-electron chi connectivity index (χ3n) is 2.73. The summed E-state index contributed by atoms with van der Waals surface area (Å²) in [5.41, 5.74) is 7.51. The van der Waals surface area contributed by atoms with Gasteiger partial charge >= 0.3 is 0 Å². The Kier molecular flexibility index (Phi) is 4.68. The summed E-state index contributed by atoms with van der Waals surface area (Å²) in [4.78, 5) is 15.9. The molecule has 0 unspecified atom stereocenters. The van der Waals surface area contributed by atoms with Crippen molar-refractivity contribution in [2.45, 2.75) is 13.5 Å². The van der Waals surface area contributed by atoms with Crippen LogP contribution in [0.2, 0.25) is 0 Å². The Morgan fingerprint density at radius 2 is 2.10 bits per heavy atom. The number of ether oxygens (including phenoxy) is 1. The molecule has 5 nitrogen and oxygen atoms in total. The Morgan fingerprint density at radius 3 is 2.80 bits per heavy atom. The van der Waals surface area contributed by atoms with Crippen LogP contribution in [-0.4, -0.2) is 17.5 Å². The monoisotopic (exact) mass is 271 g/mol. The summed E-state index contributed by atoms with van der Waals surface area (Å²) in [6.45, 7) is 2.23. The number of carbonyl (C=O) groups excluding carboxylic acids is 1. The minimum atomic E-state index is -0.256. The number of aryl methyl sites for hydroxylation is 1. The van der Waals surface area contributed by atoms with Gasteiger partial charge in [0.2, 0.25) is 0 Å². The molecule has 0 atom stereocenters. The van der Waals surface area contributed by atoms with E-state index < -0.39 is 0 Å². The van der Waals surface area contributed by atoms with Crippen LogP contribution in [0.5, 0.6) is 5.75 Å². The summed E-state index contributed by atoms with van der Waals surface area (Å²) in [6, 6.07) is 11.0. The number of benzene rings is 1. The predicted octanol–water partition coefficient (Wildman–Crippen LogP) is 1.87. The molecule has 2 rings (SSSR count). The Hall–Kier alpha value is -2.40. The zero-order valence-corrected chi connectivity index (χ0v) is 11.3. The van der Waals surface area contributed by atoms with Gasteiger partial charge in [0, 0.05) is 18.3 Å². The maximum Gasteiger partial charge on any atom is 0.263 e. The molecule has 2 aromatic rings. The van der Waals surface area contributed by atoms with Gasteiger partial charge in [0.25, 0.3) is 5.91 Å². The average molecular weight is 271 g/mol. The van der Waals surface area contributed by atoms with Crippen LogP contribution in [0.3, 0.4) is 0 Å². The largest absolute Gasteiger partial charge is 0.483 e. The first-order valence-corrected chi connectivity index (χ1v) is 6.32. The lowest BCUT2D eigenvalue weighted by Crippen LogP contribution is -2.21. The number of nitrogens with two attached hydrogens (primary N) is 1. The summed E-state index contributed by atoms with van der Waals surface area (Å²) in [7, 11) is 0. The molecule has 0 saturated carbocycles. The Morgan fingerprint density at radius 1 is 1.30 bits per heavy atom. The summed E-state index contributed by atoms with van der Waals surface area (Å²) >= 11 is 0. The van der Waals surface area contributed by atoms with Gasteiger partial charge in [-0.1, -0.05) is 24.3 Å². The molecule has 1 heterocycles. The molecular weight excluding hydrogens is 254 g/mol. The van der Waals surface area contributed by atoms with E-state index in [0.29, 0.717) is 18.1 Å². The standard InChI is InChI=1S/C15H17N3O2/c1-11-6-7-14(17-9-11)18-15(19)10-20-13-5-3-2-4-12(13)8-16/h2-7,9H,8,10,16H2,1H3,(H,17,18,19). The van der Waals surface area contributed by atoms with Crippen LogP contribution in [0, 0.1) is 6.92 Å². The van der Waals surface area contributed by atoms with Crippen LogP contribution >= 0.6 is 0 Å². The molecule has 1 aromatic carbocycles. The minimum Gasteiger partial charge on any atom is -0.483 e. The number of nitrogens with one attached hydrogen (secondary N) is 1. The van der Waals surface area contributed by atoms with Crippen LogP contribution in [0.4, 0.5) is 5.82 Å². The third-order valence-corrected chi connectivity index (χ3v) is 2.73. The van der Waals surface area contributed by atoms with Crippen molar-refractivity contribution < 1.29 is 9.53 Å². The van der Waals surface area contributed by atoms with Gasteiger partial charge in [0.05, 0.1) is 0 Å². The van der Waals surface area contributed by atoms with Crippen LogP contribution < -0.4 is 15.8 Å². The number of hydrogen-bond acceptors (Lipinski definition) is 4. The van der Waals surface area contributed by atoms with Crippen molar-refractivity contribution in [3.05, 3.63) is 53.7 Å². The van der Waals surface area contributed by atoms with Gasteiger partial charge in [-0.05, 0) is 24.6 Å². The summed E-state index contributed by atoms with van der Waals surface area (Å²) in [6.07, 6.45) is 1.69. The molecule has 20 heavy (non-hydrogen) atoms. The van der Waals surface area contributed by atoms with Crippen molar-refractivity contribution in [1.29, 1.82) is 0 Å². The molecule has 0 fully saturated rings. The quantitative estimate of drug-likeness (QED) is 0.870. The van der Waals surface area contributed by atoms with Crippen molar-refractivity contribution in [3.63, 3.8) is 0 Å². The average Bonchev–Trinajstić information content (AvgIpc) is 2.48. The maximum absolute atomic E-state index is 11.8. The fourth-order valence-corrected chi connectivity index (χ4v) is 1.68. The van der Waals surface area contributed by atoms with Gasteiger partial charge in [-0.3, -0.25) is 4.79 Å². The second-order valence-corrected chi connectivity index (χ2v) is 4.37. The van der Waals surface area contributed by atoms with Crippen molar-refractivity contribution in [2.24, 2.45) is 5.73 Å². The SMILES string of the molecule is Cc1ccc(NC(=O)COc2ccccc2CN)nc1. The number of carbonyl (C=O) groups is 1. The van der Waals surface area contributed by atoms with Crippen molar-refractivity contribution >= 4 is 11.7 Å². The minimum absolute atomic E-state index is 0.0768. The smallest absolute Gasteiger partial charge is 0.263 e. The highest BCUT2D eigenvalue weighted by Gasteiger charge is 2.06. The topological polar surface area (TPSA) is 77.2 Å². The van der Waals surface area contributed by atoms with Crippen LogP contribution in [0.25, 0.3) is 0 Å². The van der Waals surface area contributed by atoms with Crippen LogP contribution in [0.1, 0.15) is 11.1 Å². The van der Waals surface area contributed by atoms with Gasteiger partial charge in [0.15, 0.2) is 6.61 Å². The lowest BCUT2D eigenvalue weighted by atomic mass is 10.2. The predicted molar refractivity (Wildman–Crippen MR) is 77.4 cm³/mol. The molecule has 1 aromatic heterocycles. The maximum atomic E-state index is 11.8. The van der Waals surface area contributed by atoms with E-state index in [4.69, 9.17) is 10.5 Å². The number of amides is 1. The van der Waals surface area contributed by atoms with E-state index >= 15 is 0 Å². The number of aromatic nitrogens is 1. The van der Waals surface area contributed by atoms with E-state index in [-0.39, 0.29) is 12.5 Å². The molecule has 1 amide bonds. The van der Waals surface area contributed by atoms with E-state index in [9.17, 15) is 4.79 Å². The van der Waals surface area contributed by atoms with E-state index in [2.05, 4.69) is 10.3 Å². The summed E-state index contributed by atoms with van der Waals surface area (Å²) in [5.74, 6) is 0.881. The molecular formula is C15H17N3O2. The lowest BCUT2D eigenvalue weighted by Gasteiger charge is -2.10. The highest BCUT2D eigenvalue weighted by atomic mass is 16.5. The molecule has 3 N–H and O–H groups in total. The zero-order chi connectivity index (χ0) is 14.4. The zero-order valence-electron chi connectivity index (χ0n) is 11.3. The van der Waals surface area contributed by atoms with Gasteiger partial charge in [-0.15, -0.1) is 0 Å². The molecule has 0 saturated heterocycles. The molecule has 104 valence electrons. The second-order valence-electron chi connectivity index (χ2n) is 4.37. The van der Waals surface area contributed by atoms with Gasteiger partial charge < -0.3 is 15.8 Å². The Balaban J connectivity index is 1.90. The molecule has 0 radical (unpaired) electrons. The molecule has 0 bridgehead atoms. The highest BCUT2D eigenvalue weighted by Crippen LogP contribution is 2.16. The third kappa shape index (κ3) is 3.80. The van der Waals surface area contributed by atoms with E-state index in [0.717, 1.165) is 11.1 Å².